The molecule has 2 aliphatic heterocycles. The smallest absolute Gasteiger partial charge is 0.243 e. The predicted octanol–water partition coefficient (Wildman–Crippen LogP) is 2.39. The van der Waals surface area contributed by atoms with Crippen molar-refractivity contribution in [1.29, 1.82) is 0 Å². The molecule has 0 radical (unpaired) electrons. The Hall–Kier alpha value is -2.30. The van der Waals surface area contributed by atoms with Crippen LogP contribution in [-0.4, -0.2) is 56.0 Å². The van der Waals surface area contributed by atoms with Crippen molar-refractivity contribution in [3.05, 3.63) is 47.9 Å². The molecule has 0 saturated carbocycles. The highest BCUT2D eigenvalue weighted by Gasteiger charge is 2.38. The first-order valence-electron chi connectivity index (χ1n) is 10.7. The number of hydrogen-bond donors (Lipinski definition) is 1. The summed E-state index contributed by atoms with van der Waals surface area (Å²) in [6.45, 7) is 2.95. The minimum Gasteiger partial charge on any atom is -0.468 e. The van der Waals surface area contributed by atoms with Crippen molar-refractivity contribution in [3.8, 4) is 0 Å². The van der Waals surface area contributed by atoms with Crippen LogP contribution >= 0.6 is 11.8 Å². The fourth-order valence-electron chi connectivity index (χ4n) is 4.20. The Bertz CT molecular complexity index is 1080. The van der Waals surface area contributed by atoms with E-state index in [9.17, 15) is 18.0 Å². The summed E-state index contributed by atoms with van der Waals surface area (Å²) in [5.41, 5.74) is 1.30. The van der Waals surface area contributed by atoms with E-state index in [1.165, 1.54) is 22.2 Å². The Morgan fingerprint density at radius 3 is 2.69 bits per heavy atom. The van der Waals surface area contributed by atoms with E-state index >= 15 is 0 Å². The average Bonchev–Trinajstić information content (AvgIpc) is 3.53. The number of amides is 2. The van der Waals surface area contributed by atoms with Gasteiger partial charge in [0.25, 0.3) is 0 Å². The van der Waals surface area contributed by atoms with Gasteiger partial charge < -0.3 is 9.73 Å². The predicted molar refractivity (Wildman–Crippen MR) is 123 cm³/mol. The molecule has 172 valence electrons. The van der Waals surface area contributed by atoms with Crippen molar-refractivity contribution in [2.45, 2.75) is 42.9 Å². The molecule has 1 atom stereocenters. The van der Waals surface area contributed by atoms with Crippen LogP contribution in [0, 0.1) is 0 Å². The number of nitrogens with zero attached hydrogens (tertiary/aromatic N) is 2. The fourth-order valence-corrected chi connectivity index (χ4v) is 6.52. The van der Waals surface area contributed by atoms with Gasteiger partial charge in [-0.3, -0.25) is 14.5 Å². The maximum atomic E-state index is 12.9. The zero-order valence-electron chi connectivity index (χ0n) is 18.0. The molecule has 10 heteroatoms. The second kappa shape index (κ2) is 9.68. The third-order valence-electron chi connectivity index (χ3n) is 5.75. The van der Waals surface area contributed by atoms with Gasteiger partial charge in [-0.1, -0.05) is 0 Å². The zero-order valence-corrected chi connectivity index (χ0v) is 19.6. The lowest BCUT2D eigenvalue weighted by Crippen LogP contribution is -2.47. The van der Waals surface area contributed by atoms with Crippen LogP contribution in [0.15, 0.2) is 45.9 Å². The van der Waals surface area contributed by atoms with Crippen molar-refractivity contribution in [1.82, 2.24) is 9.62 Å². The topological polar surface area (TPSA) is 99.9 Å². The molecule has 3 heterocycles. The van der Waals surface area contributed by atoms with E-state index in [0.29, 0.717) is 43.1 Å². The molecule has 0 unspecified atom stereocenters. The van der Waals surface area contributed by atoms with E-state index in [1.807, 2.05) is 12.1 Å². The van der Waals surface area contributed by atoms with Crippen LogP contribution in [0.1, 0.15) is 31.1 Å². The number of carbonyl (C=O) groups is 2. The minimum atomic E-state index is -3.56. The lowest BCUT2D eigenvalue weighted by Gasteiger charge is -2.23. The first kappa shape index (κ1) is 22.9. The summed E-state index contributed by atoms with van der Waals surface area (Å²) >= 11 is 1.65. The third kappa shape index (κ3) is 4.72. The summed E-state index contributed by atoms with van der Waals surface area (Å²) in [6.07, 6.45) is 3.66. The van der Waals surface area contributed by atoms with E-state index in [2.05, 4.69) is 5.32 Å². The van der Waals surface area contributed by atoms with Crippen molar-refractivity contribution >= 4 is 39.3 Å². The number of fused-ring (bicyclic) bond motifs is 1. The lowest BCUT2D eigenvalue weighted by molar-refractivity contribution is -0.125. The molecule has 4 rings (SSSR count). The number of anilines is 1. The van der Waals surface area contributed by atoms with Crippen LogP contribution < -0.4 is 10.2 Å². The highest BCUT2D eigenvalue weighted by atomic mass is 32.2. The molecule has 8 nitrogen and oxygen atoms in total. The van der Waals surface area contributed by atoms with Gasteiger partial charge in [-0.15, -0.1) is 0 Å². The van der Waals surface area contributed by atoms with Crippen LogP contribution in [0.25, 0.3) is 0 Å². The highest BCUT2D eigenvalue weighted by Crippen LogP contribution is 2.35. The molecule has 32 heavy (non-hydrogen) atoms. The van der Waals surface area contributed by atoms with Gasteiger partial charge in [0.05, 0.1) is 16.9 Å². The Morgan fingerprint density at radius 1 is 1.22 bits per heavy atom. The number of furan rings is 1. The number of nitrogens with one attached hydrogen (secondary N) is 1. The maximum absolute atomic E-state index is 12.9. The third-order valence-corrected chi connectivity index (χ3v) is 8.63. The van der Waals surface area contributed by atoms with E-state index in [0.717, 1.165) is 24.4 Å². The summed E-state index contributed by atoms with van der Waals surface area (Å²) in [5, 5.41) is 2.90. The molecule has 0 aliphatic carbocycles. The zero-order chi connectivity index (χ0) is 22.7. The second-order valence-electron chi connectivity index (χ2n) is 7.93. The van der Waals surface area contributed by atoms with E-state index in [-0.39, 0.29) is 16.7 Å². The van der Waals surface area contributed by atoms with E-state index in [1.54, 1.807) is 30.2 Å². The molecule has 2 amide bonds. The molecule has 1 aromatic carbocycles. The highest BCUT2D eigenvalue weighted by molar-refractivity contribution is 7.98. The maximum Gasteiger partial charge on any atom is 0.243 e. The van der Waals surface area contributed by atoms with Crippen LogP contribution in [0.4, 0.5) is 5.69 Å². The summed E-state index contributed by atoms with van der Waals surface area (Å²) in [5.74, 6) is 1.84. The van der Waals surface area contributed by atoms with Crippen molar-refractivity contribution in [2.24, 2.45) is 0 Å². The molecule has 2 aromatic rings. The van der Waals surface area contributed by atoms with Gasteiger partial charge >= 0.3 is 0 Å². The van der Waals surface area contributed by atoms with Crippen LogP contribution in [0.2, 0.25) is 0 Å². The van der Waals surface area contributed by atoms with Gasteiger partial charge in [-0.25, -0.2) is 8.42 Å². The number of benzene rings is 1. The van der Waals surface area contributed by atoms with E-state index in [4.69, 9.17) is 4.42 Å². The fraction of sp³-hybridized carbons (Fsp3) is 0.455. The number of sulfonamides is 1. The molecule has 1 N–H and O–H groups in total. The Labute approximate surface area is 192 Å². The van der Waals surface area contributed by atoms with Crippen molar-refractivity contribution in [2.75, 3.05) is 30.3 Å². The van der Waals surface area contributed by atoms with Gasteiger partial charge in [-0.2, -0.15) is 16.1 Å². The van der Waals surface area contributed by atoms with Gasteiger partial charge in [-0.05, 0) is 48.7 Å². The summed E-state index contributed by atoms with van der Waals surface area (Å²) in [6, 6.07) is 7.87. The summed E-state index contributed by atoms with van der Waals surface area (Å²) in [4.78, 5) is 26.9. The first-order valence-corrected chi connectivity index (χ1v) is 13.3. The number of rotatable bonds is 8. The summed E-state index contributed by atoms with van der Waals surface area (Å²) < 4.78 is 32.6. The second-order valence-corrected chi connectivity index (χ2v) is 11.0. The SMILES string of the molecule is CC(=O)N1c2ccc(S(=O)(=O)N3CCCC3)cc2C[C@H]1C(=O)NCCSCc1ccco1. The Morgan fingerprint density at radius 2 is 2.00 bits per heavy atom. The normalized spacial score (nSPS) is 18.7. The van der Waals surface area contributed by atoms with Crippen LogP contribution in [-0.2, 0) is 31.8 Å². The number of carbonyl (C=O) groups excluding carboxylic acids is 2. The van der Waals surface area contributed by atoms with Gasteiger partial charge in [0.15, 0.2) is 0 Å². The molecule has 1 aromatic heterocycles. The van der Waals surface area contributed by atoms with Gasteiger partial charge in [0, 0.05) is 44.4 Å². The quantitative estimate of drug-likeness (QED) is 0.586. The molecular formula is C22H27N3O5S2. The van der Waals surface area contributed by atoms with Crippen LogP contribution in [0.5, 0.6) is 0 Å². The van der Waals surface area contributed by atoms with Crippen molar-refractivity contribution < 1.29 is 22.4 Å². The number of hydrogen-bond acceptors (Lipinski definition) is 6. The van der Waals surface area contributed by atoms with Crippen molar-refractivity contribution in [3.63, 3.8) is 0 Å². The monoisotopic (exact) mass is 477 g/mol. The Kier molecular flexibility index (Phi) is 6.92. The lowest BCUT2D eigenvalue weighted by atomic mass is 10.1. The minimum absolute atomic E-state index is 0.219. The molecule has 2 aliphatic rings. The number of thioether (sulfide) groups is 1. The van der Waals surface area contributed by atoms with Crippen LogP contribution in [0.3, 0.4) is 0 Å². The molecular weight excluding hydrogens is 450 g/mol. The standard InChI is InChI=1S/C22H27N3O5S2/c1-16(26)25-20-7-6-19(32(28,29)24-9-2-3-10-24)13-17(20)14-21(25)22(27)23-8-12-31-15-18-5-4-11-30-18/h4-7,11,13,21H,2-3,8-10,12,14-15H2,1H3,(H,23,27)/t21-/m0/s1. The molecule has 0 bridgehead atoms. The molecule has 1 saturated heterocycles. The molecule has 1 fully saturated rings. The van der Waals surface area contributed by atoms with Gasteiger partial charge in [0.1, 0.15) is 11.8 Å². The average molecular weight is 478 g/mol. The first-order chi connectivity index (χ1) is 15.4. The summed E-state index contributed by atoms with van der Waals surface area (Å²) in [7, 11) is -3.56. The Balaban J connectivity index is 1.41. The van der Waals surface area contributed by atoms with E-state index < -0.39 is 16.1 Å². The molecule has 0 spiro atoms. The van der Waals surface area contributed by atoms with Gasteiger partial charge in [0.2, 0.25) is 21.8 Å². The largest absolute Gasteiger partial charge is 0.468 e.